The first kappa shape index (κ1) is 13.5. The fourth-order valence-corrected chi connectivity index (χ4v) is 1.83. The van der Waals surface area contributed by atoms with Crippen molar-refractivity contribution in [1.29, 1.82) is 0 Å². The molecule has 0 amide bonds. The third-order valence-corrected chi connectivity index (χ3v) is 2.80. The van der Waals surface area contributed by atoms with Crippen molar-refractivity contribution in [3.8, 4) is 0 Å². The van der Waals surface area contributed by atoms with Crippen LogP contribution >= 0.6 is 0 Å². The Labute approximate surface area is 111 Å². The third kappa shape index (κ3) is 3.54. The van der Waals surface area contributed by atoms with Crippen LogP contribution in [0.5, 0.6) is 0 Å². The fourth-order valence-electron chi connectivity index (χ4n) is 1.83. The molecule has 2 rings (SSSR count). The minimum Gasteiger partial charge on any atom is -0.406 e. The summed E-state index contributed by atoms with van der Waals surface area (Å²) in [4.78, 5) is 0. The standard InChI is InChI=1S/C12H18N4O3/c1-8-10(9(2)19-16-8)5-4-6-13-12-15-14-11(18-12)7-17-3/h4-7H2,1-3H3,(H,13,15). The average Bonchev–Trinajstić information content (AvgIpc) is 2.95. The molecule has 2 aromatic heterocycles. The van der Waals surface area contributed by atoms with E-state index in [1.807, 2.05) is 13.8 Å². The van der Waals surface area contributed by atoms with Gasteiger partial charge in [-0.25, -0.2) is 0 Å². The number of rotatable bonds is 7. The zero-order valence-corrected chi connectivity index (χ0v) is 11.4. The molecule has 19 heavy (non-hydrogen) atoms. The quantitative estimate of drug-likeness (QED) is 0.765. The minimum absolute atomic E-state index is 0.327. The zero-order chi connectivity index (χ0) is 13.7. The summed E-state index contributed by atoms with van der Waals surface area (Å²) >= 11 is 0. The van der Waals surface area contributed by atoms with Crippen LogP contribution in [-0.2, 0) is 17.8 Å². The molecule has 104 valence electrons. The summed E-state index contributed by atoms with van der Waals surface area (Å²) in [5.41, 5.74) is 2.13. The van der Waals surface area contributed by atoms with Crippen LogP contribution < -0.4 is 5.32 Å². The molecule has 0 saturated carbocycles. The number of anilines is 1. The molecule has 2 aromatic rings. The lowest BCUT2D eigenvalue weighted by Gasteiger charge is -2.01. The molecule has 0 spiro atoms. The second-order valence-corrected chi connectivity index (χ2v) is 4.27. The zero-order valence-electron chi connectivity index (χ0n) is 11.4. The van der Waals surface area contributed by atoms with Crippen molar-refractivity contribution in [3.05, 3.63) is 22.9 Å². The van der Waals surface area contributed by atoms with E-state index in [0.717, 1.165) is 30.8 Å². The van der Waals surface area contributed by atoms with E-state index in [9.17, 15) is 0 Å². The predicted molar refractivity (Wildman–Crippen MR) is 67.8 cm³/mol. The summed E-state index contributed by atoms with van der Waals surface area (Å²) < 4.78 is 15.3. The molecule has 2 heterocycles. The summed E-state index contributed by atoms with van der Waals surface area (Å²) in [6.45, 7) is 4.96. The Bertz CT molecular complexity index is 501. The molecule has 0 bridgehead atoms. The SMILES string of the molecule is COCc1nnc(NCCCc2c(C)noc2C)o1. The van der Waals surface area contributed by atoms with Gasteiger partial charge >= 0.3 is 6.01 Å². The minimum atomic E-state index is 0.327. The molecule has 0 unspecified atom stereocenters. The van der Waals surface area contributed by atoms with Gasteiger partial charge in [0.1, 0.15) is 12.4 Å². The van der Waals surface area contributed by atoms with Gasteiger partial charge < -0.3 is 19.0 Å². The lowest BCUT2D eigenvalue weighted by molar-refractivity contribution is 0.160. The molecule has 0 aliphatic rings. The van der Waals surface area contributed by atoms with Crippen molar-refractivity contribution in [2.24, 2.45) is 0 Å². The summed E-state index contributed by atoms with van der Waals surface area (Å²) in [5.74, 6) is 1.35. The molecule has 0 fully saturated rings. The molecule has 0 aliphatic carbocycles. The van der Waals surface area contributed by atoms with Crippen LogP contribution in [0, 0.1) is 13.8 Å². The van der Waals surface area contributed by atoms with Crippen LogP contribution in [0.1, 0.15) is 29.3 Å². The van der Waals surface area contributed by atoms with Gasteiger partial charge in [-0.05, 0) is 26.7 Å². The van der Waals surface area contributed by atoms with E-state index >= 15 is 0 Å². The summed E-state index contributed by atoms with van der Waals surface area (Å²) in [6.07, 6.45) is 1.85. The highest BCUT2D eigenvalue weighted by Gasteiger charge is 2.09. The molecule has 7 heteroatoms. The molecular weight excluding hydrogens is 248 g/mol. The summed E-state index contributed by atoms with van der Waals surface area (Å²) in [6, 6.07) is 0.422. The third-order valence-electron chi connectivity index (χ3n) is 2.80. The first-order valence-corrected chi connectivity index (χ1v) is 6.17. The maximum absolute atomic E-state index is 5.32. The first-order valence-electron chi connectivity index (χ1n) is 6.17. The van der Waals surface area contributed by atoms with Gasteiger partial charge in [0, 0.05) is 19.2 Å². The van der Waals surface area contributed by atoms with Crippen LogP contribution in [0.25, 0.3) is 0 Å². The molecule has 1 N–H and O–H groups in total. The van der Waals surface area contributed by atoms with Crippen LogP contribution in [0.15, 0.2) is 8.94 Å². The number of hydrogen-bond donors (Lipinski definition) is 1. The molecule has 0 radical (unpaired) electrons. The number of nitrogens with one attached hydrogen (secondary N) is 1. The number of aromatic nitrogens is 3. The van der Waals surface area contributed by atoms with Crippen LogP contribution in [0.4, 0.5) is 6.01 Å². The van der Waals surface area contributed by atoms with Crippen molar-refractivity contribution >= 4 is 6.01 Å². The monoisotopic (exact) mass is 266 g/mol. The summed E-state index contributed by atoms with van der Waals surface area (Å²) in [5, 5.41) is 14.7. The lowest BCUT2D eigenvalue weighted by Crippen LogP contribution is -2.03. The van der Waals surface area contributed by atoms with Gasteiger partial charge in [-0.15, -0.1) is 5.10 Å². The van der Waals surface area contributed by atoms with Crippen molar-refractivity contribution in [2.45, 2.75) is 33.3 Å². The molecule has 0 saturated heterocycles. The van der Waals surface area contributed by atoms with Gasteiger partial charge in [-0.2, -0.15) is 0 Å². The van der Waals surface area contributed by atoms with Gasteiger partial charge in [-0.1, -0.05) is 10.3 Å². The Balaban J connectivity index is 1.74. The van der Waals surface area contributed by atoms with Crippen molar-refractivity contribution in [1.82, 2.24) is 15.4 Å². The number of hydrogen-bond acceptors (Lipinski definition) is 7. The second kappa shape index (κ2) is 6.33. The maximum atomic E-state index is 5.32. The molecule has 0 aliphatic heterocycles. The number of methoxy groups -OCH3 is 1. The van der Waals surface area contributed by atoms with Crippen LogP contribution in [0.3, 0.4) is 0 Å². The highest BCUT2D eigenvalue weighted by Crippen LogP contribution is 2.14. The first-order chi connectivity index (χ1) is 9.20. The Morgan fingerprint density at radius 3 is 2.79 bits per heavy atom. The predicted octanol–water partition coefficient (Wildman–Crippen LogP) is 1.87. The lowest BCUT2D eigenvalue weighted by atomic mass is 10.1. The number of ether oxygens (including phenoxy) is 1. The second-order valence-electron chi connectivity index (χ2n) is 4.27. The fraction of sp³-hybridized carbons (Fsp3) is 0.583. The van der Waals surface area contributed by atoms with E-state index < -0.39 is 0 Å². The summed E-state index contributed by atoms with van der Waals surface area (Å²) in [7, 11) is 1.58. The molecule has 0 atom stereocenters. The maximum Gasteiger partial charge on any atom is 0.315 e. The number of nitrogens with zero attached hydrogens (tertiary/aromatic N) is 3. The largest absolute Gasteiger partial charge is 0.406 e. The van der Waals surface area contributed by atoms with E-state index in [0.29, 0.717) is 18.5 Å². The van der Waals surface area contributed by atoms with Crippen molar-refractivity contribution in [3.63, 3.8) is 0 Å². The van der Waals surface area contributed by atoms with Gasteiger partial charge in [-0.3, -0.25) is 0 Å². The van der Waals surface area contributed by atoms with E-state index in [2.05, 4.69) is 20.7 Å². The van der Waals surface area contributed by atoms with Crippen molar-refractivity contribution < 1.29 is 13.7 Å². The average molecular weight is 266 g/mol. The van der Waals surface area contributed by atoms with Crippen molar-refractivity contribution in [2.75, 3.05) is 19.0 Å². The Morgan fingerprint density at radius 1 is 1.26 bits per heavy atom. The number of aryl methyl sites for hydroxylation is 2. The smallest absolute Gasteiger partial charge is 0.315 e. The molecule has 0 aromatic carbocycles. The van der Waals surface area contributed by atoms with Gasteiger partial charge in [0.15, 0.2) is 0 Å². The highest BCUT2D eigenvalue weighted by atomic mass is 16.5. The van der Waals surface area contributed by atoms with E-state index in [4.69, 9.17) is 13.7 Å². The Kier molecular flexibility index (Phi) is 4.51. The normalized spacial score (nSPS) is 10.9. The Hall–Kier alpha value is -1.89. The molecule has 7 nitrogen and oxygen atoms in total. The Morgan fingerprint density at radius 2 is 2.11 bits per heavy atom. The van der Waals surface area contributed by atoms with Gasteiger partial charge in [0.2, 0.25) is 5.89 Å². The van der Waals surface area contributed by atoms with Crippen LogP contribution in [0.2, 0.25) is 0 Å². The van der Waals surface area contributed by atoms with E-state index in [-0.39, 0.29) is 0 Å². The molecular formula is C12H18N4O3. The highest BCUT2D eigenvalue weighted by molar-refractivity contribution is 5.21. The topological polar surface area (TPSA) is 86.2 Å². The van der Waals surface area contributed by atoms with Gasteiger partial charge in [0.25, 0.3) is 0 Å². The van der Waals surface area contributed by atoms with E-state index in [1.54, 1.807) is 7.11 Å². The van der Waals surface area contributed by atoms with Gasteiger partial charge in [0.05, 0.1) is 5.69 Å². The van der Waals surface area contributed by atoms with E-state index in [1.165, 1.54) is 5.56 Å². The van der Waals surface area contributed by atoms with Crippen LogP contribution in [-0.4, -0.2) is 29.0 Å².